The summed E-state index contributed by atoms with van der Waals surface area (Å²) in [6.07, 6.45) is 0.327. The Hall–Kier alpha value is -2.72. The molecule has 0 bridgehead atoms. The molecule has 0 aromatic heterocycles. The average Bonchev–Trinajstić information content (AvgIpc) is 2.79. The van der Waals surface area contributed by atoms with Crippen molar-refractivity contribution < 1.29 is 22.4 Å². The van der Waals surface area contributed by atoms with Gasteiger partial charge in [-0.25, -0.2) is 8.42 Å². The number of ether oxygens (including phenoxy) is 2. The Labute approximate surface area is 218 Å². The van der Waals surface area contributed by atoms with E-state index in [-0.39, 0.29) is 17.2 Å². The zero-order valence-electron chi connectivity index (χ0n) is 22.0. The van der Waals surface area contributed by atoms with Gasteiger partial charge in [-0.1, -0.05) is 6.07 Å². The minimum absolute atomic E-state index is 0.244. The first-order chi connectivity index (χ1) is 16.9. The fraction of sp³-hybridized carbons (Fsp3) is 0.333. The molecule has 0 saturated carbocycles. The van der Waals surface area contributed by atoms with Crippen LogP contribution in [0.15, 0.2) is 87.5 Å². The molecule has 3 aromatic rings. The van der Waals surface area contributed by atoms with E-state index in [1.54, 1.807) is 0 Å². The normalized spacial score (nSPS) is 11.9. The zero-order chi connectivity index (χ0) is 26.9. The van der Waals surface area contributed by atoms with Gasteiger partial charge in [-0.05, 0) is 74.5 Å². The third kappa shape index (κ3) is 9.73. The first-order valence-corrected chi connectivity index (χ1v) is 14.5. The van der Waals surface area contributed by atoms with Crippen LogP contribution in [0.5, 0.6) is 5.75 Å². The Kier molecular flexibility index (Phi) is 11.1. The topological polar surface area (TPSA) is 82.1 Å². The highest BCUT2D eigenvalue weighted by Crippen LogP contribution is 2.34. The van der Waals surface area contributed by atoms with Crippen molar-refractivity contribution in [2.24, 2.45) is 0 Å². The third-order valence-corrected chi connectivity index (χ3v) is 7.13. The van der Waals surface area contributed by atoms with Crippen LogP contribution in [0.1, 0.15) is 13.8 Å². The van der Waals surface area contributed by atoms with E-state index in [4.69, 9.17) is 22.4 Å². The Bertz CT molecular complexity index is 1120. The number of hydrogen-bond donors (Lipinski definition) is 0. The standard InChI is InChI=1S/C26H33N2O2S.CH4O3S/c1-7-29-20(2)30-23-9-8-10-26(19-23)31(24-15-11-21(12-16-24)27(3)4)25-17-13-22(14-18-25)28(5)6;1-5(2,3)4/h8-20H,7H2,1-6H3;1H3,(H,2,3,4)/q+1;/p-1. The molecular formula is C27H36N2O5S2. The van der Waals surface area contributed by atoms with Crippen LogP contribution in [0.25, 0.3) is 0 Å². The van der Waals surface area contributed by atoms with E-state index < -0.39 is 10.1 Å². The number of benzene rings is 3. The number of rotatable bonds is 9. The molecule has 0 fully saturated rings. The minimum Gasteiger partial charge on any atom is -0.748 e. The van der Waals surface area contributed by atoms with Gasteiger partial charge in [0, 0.05) is 58.5 Å². The van der Waals surface area contributed by atoms with Gasteiger partial charge in [-0.3, -0.25) is 0 Å². The van der Waals surface area contributed by atoms with Crippen molar-refractivity contribution in [3.63, 3.8) is 0 Å². The molecule has 9 heteroatoms. The molecule has 0 aliphatic heterocycles. The van der Waals surface area contributed by atoms with Crippen molar-refractivity contribution in [2.45, 2.75) is 34.8 Å². The summed E-state index contributed by atoms with van der Waals surface area (Å²) in [5, 5.41) is 0. The molecule has 3 aromatic carbocycles. The van der Waals surface area contributed by atoms with Crippen LogP contribution in [0, 0.1) is 0 Å². The minimum atomic E-state index is -3.92. The fourth-order valence-electron chi connectivity index (χ4n) is 3.30. The first-order valence-electron chi connectivity index (χ1n) is 11.5. The molecule has 1 unspecified atom stereocenters. The highest BCUT2D eigenvalue weighted by Gasteiger charge is 2.29. The largest absolute Gasteiger partial charge is 0.748 e. The highest BCUT2D eigenvalue weighted by molar-refractivity contribution is 7.97. The van der Waals surface area contributed by atoms with Crippen LogP contribution in [0.2, 0.25) is 0 Å². The number of nitrogens with zero attached hydrogens (tertiary/aromatic N) is 2. The second kappa shape index (κ2) is 13.5. The van der Waals surface area contributed by atoms with E-state index in [0.29, 0.717) is 12.9 Å². The number of anilines is 2. The van der Waals surface area contributed by atoms with Gasteiger partial charge in [-0.15, -0.1) is 0 Å². The van der Waals surface area contributed by atoms with Crippen LogP contribution >= 0.6 is 0 Å². The van der Waals surface area contributed by atoms with Crippen molar-refractivity contribution in [3.8, 4) is 5.75 Å². The van der Waals surface area contributed by atoms with Crippen molar-refractivity contribution in [1.29, 1.82) is 0 Å². The maximum Gasteiger partial charge on any atom is 0.196 e. The zero-order valence-corrected chi connectivity index (χ0v) is 23.6. The van der Waals surface area contributed by atoms with Gasteiger partial charge in [-0.2, -0.15) is 0 Å². The molecule has 0 spiro atoms. The molecule has 0 radical (unpaired) electrons. The summed E-state index contributed by atoms with van der Waals surface area (Å²) < 4.78 is 38.8. The van der Waals surface area contributed by atoms with Gasteiger partial charge in [0.05, 0.1) is 21.0 Å². The van der Waals surface area contributed by atoms with E-state index in [0.717, 1.165) is 5.75 Å². The average molecular weight is 533 g/mol. The van der Waals surface area contributed by atoms with Gasteiger partial charge in [0.25, 0.3) is 0 Å². The molecule has 1 atom stereocenters. The third-order valence-electron chi connectivity index (χ3n) is 4.92. The highest BCUT2D eigenvalue weighted by atomic mass is 32.2. The summed E-state index contributed by atoms with van der Waals surface area (Å²) in [5.74, 6) is 0.825. The molecule has 196 valence electrons. The lowest BCUT2D eigenvalue weighted by molar-refractivity contribution is -0.0614. The van der Waals surface area contributed by atoms with E-state index in [2.05, 4.69) is 105 Å². The predicted octanol–water partition coefficient (Wildman–Crippen LogP) is 4.84. The van der Waals surface area contributed by atoms with E-state index in [9.17, 15) is 0 Å². The molecule has 0 heterocycles. The summed E-state index contributed by atoms with van der Waals surface area (Å²) >= 11 is 0. The Morgan fingerprint density at radius 3 is 1.67 bits per heavy atom. The van der Waals surface area contributed by atoms with Gasteiger partial charge in [0.15, 0.2) is 21.0 Å². The van der Waals surface area contributed by atoms with Crippen molar-refractivity contribution in [1.82, 2.24) is 0 Å². The second-order valence-corrected chi connectivity index (χ2v) is 11.8. The van der Waals surface area contributed by atoms with Crippen molar-refractivity contribution >= 4 is 32.4 Å². The summed E-state index contributed by atoms with van der Waals surface area (Å²) in [7, 11) is 4.10. The van der Waals surface area contributed by atoms with Crippen molar-refractivity contribution in [3.05, 3.63) is 72.8 Å². The molecule has 0 N–H and O–H groups in total. The molecule has 7 nitrogen and oxygen atoms in total. The lowest BCUT2D eigenvalue weighted by atomic mass is 10.3. The monoisotopic (exact) mass is 532 g/mol. The Balaban J connectivity index is 0.000000830. The van der Waals surface area contributed by atoms with E-state index in [1.807, 2.05) is 19.9 Å². The second-order valence-electron chi connectivity index (χ2n) is 8.40. The number of hydrogen-bond acceptors (Lipinski definition) is 7. The van der Waals surface area contributed by atoms with Gasteiger partial charge < -0.3 is 23.8 Å². The van der Waals surface area contributed by atoms with Gasteiger partial charge >= 0.3 is 0 Å². The molecule has 36 heavy (non-hydrogen) atoms. The fourth-order valence-corrected chi connectivity index (χ4v) is 5.39. The molecule has 0 aliphatic carbocycles. The van der Waals surface area contributed by atoms with Gasteiger partial charge in [0.2, 0.25) is 0 Å². The van der Waals surface area contributed by atoms with Crippen molar-refractivity contribution in [2.75, 3.05) is 50.9 Å². The SMILES string of the molecule is CCOC(C)Oc1cccc([S+](c2ccc(N(C)C)cc2)c2ccc(N(C)C)cc2)c1.CS(=O)(=O)[O-]. The molecule has 0 saturated heterocycles. The van der Waals surface area contributed by atoms with E-state index >= 15 is 0 Å². The van der Waals surface area contributed by atoms with E-state index in [1.165, 1.54) is 26.1 Å². The lowest BCUT2D eigenvalue weighted by Gasteiger charge is -2.16. The Morgan fingerprint density at radius 1 is 0.833 bits per heavy atom. The Morgan fingerprint density at radius 2 is 1.28 bits per heavy atom. The summed E-state index contributed by atoms with van der Waals surface area (Å²) in [6.45, 7) is 4.53. The molecule has 0 amide bonds. The van der Waals surface area contributed by atoms with Crippen LogP contribution in [0.4, 0.5) is 11.4 Å². The smallest absolute Gasteiger partial charge is 0.196 e. The summed E-state index contributed by atoms with van der Waals surface area (Å²) in [5.41, 5.74) is 2.38. The maximum atomic E-state index is 9.08. The quantitative estimate of drug-likeness (QED) is 0.222. The molecule has 3 rings (SSSR count). The maximum absolute atomic E-state index is 9.08. The van der Waals surface area contributed by atoms with Crippen LogP contribution in [-0.4, -0.2) is 60.3 Å². The lowest BCUT2D eigenvalue weighted by Crippen LogP contribution is -2.16. The van der Waals surface area contributed by atoms with Crippen LogP contribution in [-0.2, 0) is 25.7 Å². The van der Waals surface area contributed by atoms with Crippen LogP contribution in [0.3, 0.4) is 0 Å². The molecule has 0 aliphatic rings. The molecular weight excluding hydrogens is 496 g/mol. The predicted molar refractivity (Wildman–Crippen MR) is 147 cm³/mol. The summed E-state index contributed by atoms with van der Waals surface area (Å²) in [6, 6.07) is 26.0. The summed E-state index contributed by atoms with van der Waals surface area (Å²) in [4.78, 5) is 8.02. The first kappa shape index (κ1) is 29.5. The van der Waals surface area contributed by atoms with Gasteiger partial charge in [0.1, 0.15) is 5.75 Å². The van der Waals surface area contributed by atoms with Crippen LogP contribution < -0.4 is 14.5 Å².